The molecule has 0 spiro atoms. The number of hydrogen-bond acceptors (Lipinski definition) is 1. The highest BCUT2D eigenvalue weighted by Crippen LogP contribution is 1.92. The van der Waals surface area contributed by atoms with Crippen molar-refractivity contribution in [2.45, 2.75) is 6.92 Å². The van der Waals surface area contributed by atoms with Crippen molar-refractivity contribution in [3.63, 3.8) is 0 Å². The predicted molar refractivity (Wildman–Crippen MR) is 46.1 cm³/mol. The highest BCUT2D eigenvalue weighted by molar-refractivity contribution is 5.55. The fourth-order valence-electron chi connectivity index (χ4n) is 0.420. The maximum absolute atomic E-state index is 4.10. The fourth-order valence-corrected chi connectivity index (χ4v) is 0.420. The number of aliphatic imine (C=N–C) groups is 1. The van der Waals surface area contributed by atoms with E-state index in [4.69, 9.17) is 0 Å². The molecule has 10 heavy (non-hydrogen) atoms. The molecule has 0 amide bonds. The smallest absolute Gasteiger partial charge is 0.0902 e. The number of nitrogens with zero attached hydrogens (tertiary/aromatic N) is 2. The van der Waals surface area contributed by atoms with E-state index < -0.39 is 0 Å². The largest absolute Gasteiger partial charge is 0.369 e. The maximum atomic E-state index is 4.10. The van der Waals surface area contributed by atoms with E-state index in [0.717, 1.165) is 5.70 Å². The van der Waals surface area contributed by atoms with Crippen LogP contribution in [0.2, 0.25) is 0 Å². The lowest BCUT2D eigenvalue weighted by Gasteiger charge is -2.01. The summed E-state index contributed by atoms with van der Waals surface area (Å²) in [7, 11) is 3.87. The standard InChI is InChI=1S/C8H14N2/c1-5-6-8(2)9-7-10(3)4/h5-7H,1H2,2-4H3/b8-6-,9-7-. The minimum absolute atomic E-state index is 0.962. The zero-order chi connectivity index (χ0) is 7.98. The van der Waals surface area contributed by atoms with Crippen LogP contribution in [0.5, 0.6) is 0 Å². The Bertz CT molecular complexity index is 155. The SMILES string of the molecule is C=C/C=C(C)\N=C/N(C)C. The monoisotopic (exact) mass is 138 g/mol. The van der Waals surface area contributed by atoms with E-state index in [1.807, 2.05) is 32.0 Å². The van der Waals surface area contributed by atoms with Gasteiger partial charge in [0.1, 0.15) is 0 Å². The van der Waals surface area contributed by atoms with Gasteiger partial charge in [0.05, 0.1) is 6.34 Å². The molecule has 0 aromatic carbocycles. The van der Waals surface area contributed by atoms with Crippen LogP contribution in [0.15, 0.2) is 29.4 Å². The van der Waals surface area contributed by atoms with Gasteiger partial charge >= 0.3 is 0 Å². The summed E-state index contributed by atoms with van der Waals surface area (Å²) >= 11 is 0. The van der Waals surface area contributed by atoms with E-state index in [-0.39, 0.29) is 0 Å². The lowest BCUT2D eigenvalue weighted by molar-refractivity contribution is 0.642. The Morgan fingerprint density at radius 3 is 2.50 bits per heavy atom. The Balaban J connectivity index is 3.88. The predicted octanol–water partition coefficient (Wildman–Crippen LogP) is 1.67. The summed E-state index contributed by atoms with van der Waals surface area (Å²) < 4.78 is 0. The van der Waals surface area contributed by atoms with E-state index in [0.29, 0.717) is 0 Å². The Morgan fingerprint density at radius 2 is 2.10 bits per heavy atom. The van der Waals surface area contributed by atoms with Crippen LogP contribution in [0.3, 0.4) is 0 Å². The Hall–Kier alpha value is -1.05. The molecule has 56 valence electrons. The van der Waals surface area contributed by atoms with Crippen LogP contribution in [-0.2, 0) is 0 Å². The van der Waals surface area contributed by atoms with E-state index >= 15 is 0 Å². The normalized spacial score (nSPS) is 12.1. The minimum Gasteiger partial charge on any atom is -0.369 e. The van der Waals surface area contributed by atoms with Gasteiger partial charge < -0.3 is 4.90 Å². The number of rotatable bonds is 3. The van der Waals surface area contributed by atoms with Crippen LogP contribution in [0.1, 0.15) is 6.92 Å². The van der Waals surface area contributed by atoms with Crippen molar-refractivity contribution in [2.24, 2.45) is 4.99 Å². The summed E-state index contributed by atoms with van der Waals surface area (Å²) in [5.41, 5.74) is 0.962. The first-order valence-corrected chi connectivity index (χ1v) is 3.16. The minimum atomic E-state index is 0.962. The highest BCUT2D eigenvalue weighted by atomic mass is 15.1. The molecule has 0 aliphatic rings. The third kappa shape index (κ3) is 5.09. The molecule has 0 fully saturated rings. The van der Waals surface area contributed by atoms with Crippen molar-refractivity contribution in [1.82, 2.24) is 4.90 Å². The van der Waals surface area contributed by atoms with Crippen molar-refractivity contribution < 1.29 is 0 Å². The fraction of sp³-hybridized carbons (Fsp3) is 0.375. The van der Waals surface area contributed by atoms with Crippen LogP contribution in [0.25, 0.3) is 0 Å². The lowest BCUT2D eigenvalue weighted by atomic mass is 10.4. The topological polar surface area (TPSA) is 15.6 Å². The van der Waals surface area contributed by atoms with Crippen LogP contribution in [0.4, 0.5) is 0 Å². The molecular formula is C8H14N2. The van der Waals surface area contributed by atoms with Gasteiger partial charge in [-0.25, -0.2) is 4.99 Å². The molecule has 0 aromatic rings. The molecule has 0 atom stereocenters. The van der Waals surface area contributed by atoms with Crippen LogP contribution in [-0.4, -0.2) is 25.3 Å². The van der Waals surface area contributed by atoms with Gasteiger partial charge in [-0.05, 0) is 13.0 Å². The van der Waals surface area contributed by atoms with E-state index in [1.54, 1.807) is 12.4 Å². The molecule has 0 radical (unpaired) electrons. The first kappa shape index (κ1) is 8.95. The third-order valence-corrected chi connectivity index (χ3v) is 0.851. The Labute approximate surface area is 62.6 Å². The molecule has 0 rings (SSSR count). The molecule has 2 heteroatoms. The molecule has 0 saturated carbocycles. The first-order valence-electron chi connectivity index (χ1n) is 3.16. The maximum Gasteiger partial charge on any atom is 0.0902 e. The third-order valence-electron chi connectivity index (χ3n) is 0.851. The van der Waals surface area contributed by atoms with Gasteiger partial charge in [0, 0.05) is 19.8 Å². The molecule has 0 bridgehead atoms. The summed E-state index contributed by atoms with van der Waals surface area (Å²) in [5, 5.41) is 0. The van der Waals surface area contributed by atoms with Crippen LogP contribution >= 0.6 is 0 Å². The van der Waals surface area contributed by atoms with Gasteiger partial charge in [-0.2, -0.15) is 0 Å². The highest BCUT2D eigenvalue weighted by Gasteiger charge is 1.78. The molecule has 0 aliphatic carbocycles. The molecule has 0 aromatic heterocycles. The van der Waals surface area contributed by atoms with E-state index in [1.165, 1.54) is 0 Å². The number of hydrogen-bond donors (Lipinski definition) is 0. The summed E-state index contributed by atoms with van der Waals surface area (Å²) in [6.07, 6.45) is 5.34. The van der Waals surface area contributed by atoms with Gasteiger partial charge in [0.25, 0.3) is 0 Å². The van der Waals surface area contributed by atoms with Gasteiger partial charge in [-0.3, -0.25) is 0 Å². The molecule has 0 N–H and O–H groups in total. The van der Waals surface area contributed by atoms with Crippen molar-refractivity contribution in [2.75, 3.05) is 14.1 Å². The molecule has 0 heterocycles. The van der Waals surface area contributed by atoms with Gasteiger partial charge in [0.15, 0.2) is 0 Å². The van der Waals surface area contributed by atoms with Crippen molar-refractivity contribution in [1.29, 1.82) is 0 Å². The molecule has 0 unspecified atom stereocenters. The first-order chi connectivity index (χ1) is 4.66. The quantitative estimate of drug-likeness (QED) is 0.329. The summed E-state index contributed by atoms with van der Waals surface area (Å²) in [6.45, 7) is 5.50. The lowest BCUT2D eigenvalue weighted by Crippen LogP contribution is -2.07. The zero-order valence-electron chi connectivity index (χ0n) is 6.83. The second-order valence-corrected chi connectivity index (χ2v) is 2.25. The second-order valence-electron chi connectivity index (χ2n) is 2.25. The zero-order valence-corrected chi connectivity index (χ0v) is 6.83. The van der Waals surface area contributed by atoms with Crippen LogP contribution in [0, 0.1) is 0 Å². The Morgan fingerprint density at radius 1 is 1.50 bits per heavy atom. The summed E-state index contributed by atoms with van der Waals surface area (Å²) in [5.74, 6) is 0. The average Bonchev–Trinajstić information content (AvgIpc) is 1.85. The Kier molecular flexibility index (Phi) is 4.29. The molecule has 2 nitrogen and oxygen atoms in total. The molecule has 0 aliphatic heterocycles. The van der Waals surface area contributed by atoms with Crippen molar-refractivity contribution >= 4 is 6.34 Å². The van der Waals surface area contributed by atoms with Gasteiger partial charge in [0.2, 0.25) is 0 Å². The second kappa shape index (κ2) is 4.79. The summed E-state index contributed by atoms with van der Waals surface area (Å²) in [4.78, 5) is 5.99. The van der Waals surface area contributed by atoms with Crippen molar-refractivity contribution in [3.05, 3.63) is 24.4 Å². The number of allylic oxidation sites excluding steroid dienone is 3. The van der Waals surface area contributed by atoms with Gasteiger partial charge in [-0.1, -0.05) is 12.7 Å². The average molecular weight is 138 g/mol. The molecular weight excluding hydrogens is 124 g/mol. The van der Waals surface area contributed by atoms with E-state index in [9.17, 15) is 0 Å². The summed E-state index contributed by atoms with van der Waals surface area (Å²) in [6, 6.07) is 0. The van der Waals surface area contributed by atoms with Gasteiger partial charge in [-0.15, -0.1) is 0 Å². The van der Waals surface area contributed by atoms with Crippen LogP contribution < -0.4 is 0 Å². The van der Waals surface area contributed by atoms with E-state index in [2.05, 4.69) is 11.6 Å². The molecule has 0 saturated heterocycles. The van der Waals surface area contributed by atoms with Crippen molar-refractivity contribution in [3.8, 4) is 0 Å².